The zero-order valence-corrected chi connectivity index (χ0v) is 10.2. The highest BCUT2D eigenvalue weighted by Crippen LogP contribution is 2.39. The minimum Gasteiger partial charge on any atom is -0.357 e. The topological polar surface area (TPSA) is 37.8 Å². The van der Waals surface area contributed by atoms with Crippen LogP contribution < -0.4 is 5.32 Å². The van der Waals surface area contributed by atoms with Crippen molar-refractivity contribution < 1.29 is 0 Å². The Kier molecular flexibility index (Phi) is 2.83. The molecule has 2 heterocycles. The molecule has 5 heteroatoms. The lowest BCUT2D eigenvalue weighted by molar-refractivity contribution is 0.665. The van der Waals surface area contributed by atoms with Crippen LogP contribution >= 0.6 is 23.3 Å². The summed E-state index contributed by atoms with van der Waals surface area (Å²) < 4.78 is 4.41. The molecule has 1 aromatic heterocycles. The summed E-state index contributed by atoms with van der Waals surface area (Å²) in [5.41, 5.74) is 0. The Labute approximate surface area is 98.2 Å². The first-order chi connectivity index (χ1) is 7.42. The average molecular weight is 241 g/mol. The minimum absolute atomic E-state index is 0.631. The van der Waals surface area contributed by atoms with E-state index in [1.54, 1.807) is 0 Å². The van der Waals surface area contributed by atoms with E-state index in [1.165, 1.54) is 48.7 Å². The second-order valence-corrected chi connectivity index (χ2v) is 6.24. The molecule has 1 saturated heterocycles. The summed E-state index contributed by atoms with van der Waals surface area (Å²) in [5.74, 6) is 4.32. The van der Waals surface area contributed by atoms with Gasteiger partial charge in [-0.05, 0) is 37.2 Å². The summed E-state index contributed by atoms with van der Waals surface area (Å²) in [5, 5.41) is 4.55. The van der Waals surface area contributed by atoms with Crippen LogP contribution in [-0.4, -0.2) is 26.9 Å². The van der Waals surface area contributed by atoms with Crippen LogP contribution in [0.3, 0.4) is 0 Å². The highest BCUT2D eigenvalue weighted by Gasteiger charge is 2.28. The lowest BCUT2D eigenvalue weighted by Gasteiger charge is -2.21. The van der Waals surface area contributed by atoms with E-state index in [0.717, 1.165) is 11.0 Å². The van der Waals surface area contributed by atoms with E-state index in [1.807, 2.05) is 0 Å². The van der Waals surface area contributed by atoms with Crippen molar-refractivity contribution in [1.82, 2.24) is 9.36 Å². The molecule has 0 atom stereocenters. The van der Waals surface area contributed by atoms with E-state index in [9.17, 15) is 0 Å². The zero-order chi connectivity index (χ0) is 10.1. The van der Waals surface area contributed by atoms with Crippen molar-refractivity contribution in [3.63, 3.8) is 0 Å². The van der Waals surface area contributed by atoms with E-state index in [4.69, 9.17) is 0 Å². The number of hydrogen-bond donors (Lipinski definition) is 1. The second-order valence-electron chi connectivity index (χ2n) is 4.26. The Morgan fingerprint density at radius 2 is 1.93 bits per heavy atom. The first-order valence-corrected chi connectivity index (χ1v) is 7.52. The standard InChI is InChI=1S/C10H15N3S2/c1-2-7(1)9-12-10(15-13-9)11-8-3-5-14-6-4-8/h7-8H,1-6H2,(H,11,12,13). The van der Waals surface area contributed by atoms with E-state index < -0.39 is 0 Å². The van der Waals surface area contributed by atoms with Crippen LogP contribution in [0.15, 0.2) is 0 Å². The van der Waals surface area contributed by atoms with Crippen molar-refractivity contribution in [1.29, 1.82) is 0 Å². The van der Waals surface area contributed by atoms with Gasteiger partial charge in [-0.15, -0.1) is 0 Å². The Bertz CT molecular complexity index is 329. The number of hydrogen-bond acceptors (Lipinski definition) is 5. The first kappa shape index (κ1) is 9.90. The summed E-state index contributed by atoms with van der Waals surface area (Å²) in [6, 6.07) is 0.631. The van der Waals surface area contributed by atoms with Crippen LogP contribution in [0.5, 0.6) is 0 Å². The molecule has 0 bridgehead atoms. The van der Waals surface area contributed by atoms with Gasteiger partial charge in [-0.3, -0.25) is 0 Å². The molecule has 15 heavy (non-hydrogen) atoms. The number of nitrogens with zero attached hydrogens (tertiary/aromatic N) is 2. The van der Waals surface area contributed by atoms with Gasteiger partial charge in [-0.2, -0.15) is 16.1 Å². The summed E-state index contributed by atoms with van der Waals surface area (Å²) in [4.78, 5) is 4.56. The summed E-state index contributed by atoms with van der Waals surface area (Å²) in [7, 11) is 0. The number of thioether (sulfide) groups is 1. The van der Waals surface area contributed by atoms with Gasteiger partial charge in [0.15, 0.2) is 0 Å². The fraction of sp³-hybridized carbons (Fsp3) is 0.800. The number of nitrogens with one attached hydrogen (secondary N) is 1. The molecule has 1 aliphatic heterocycles. The normalized spacial score (nSPS) is 22.9. The SMILES string of the molecule is C1CC(Nc2nc(C3CC3)ns2)CCS1. The molecular formula is C10H15N3S2. The molecule has 1 aromatic rings. The van der Waals surface area contributed by atoms with Crippen LogP contribution in [0.25, 0.3) is 0 Å². The van der Waals surface area contributed by atoms with Crippen molar-refractivity contribution in [3.05, 3.63) is 5.82 Å². The molecule has 2 aliphatic rings. The molecule has 3 nitrogen and oxygen atoms in total. The molecule has 0 spiro atoms. The molecule has 0 amide bonds. The van der Waals surface area contributed by atoms with Gasteiger partial charge in [0.2, 0.25) is 5.13 Å². The predicted octanol–water partition coefficient (Wildman–Crippen LogP) is 2.72. The average Bonchev–Trinajstić information content (AvgIpc) is 3.02. The predicted molar refractivity (Wildman–Crippen MR) is 65.9 cm³/mol. The van der Waals surface area contributed by atoms with Crippen molar-refractivity contribution in [2.24, 2.45) is 0 Å². The van der Waals surface area contributed by atoms with Gasteiger partial charge in [0.05, 0.1) is 0 Å². The van der Waals surface area contributed by atoms with Crippen molar-refractivity contribution in [3.8, 4) is 0 Å². The quantitative estimate of drug-likeness (QED) is 0.883. The summed E-state index contributed by atoms with van der Waals surface area (Å²) in [6.45, 7) is 0. The largest absolute Gasteiger partial charge is 0.357 e. The first-order valence-electron chi connectivity index (χ1n) is 5.60. The summed E-state index contributed by atoms with van der Waals surface area (Å²) in [6.07, 6.45) is 5.11. The van der Waals surface area contributed by atoms with Crippen molar-refractivity contribution in [2.75, 3.05) is 16.8 Å². The lowest BCUT2D eigenvalue weighted by Crippen LogP contribution is -2.24. The molecule has 0 unspecified atom stereocenters. The van der Waals surface area contributed by atoms with Gasteiger partial charge in [-0.25, -0.2) is 4.98 Å². The Morgan fingerprint density at radius 3 is 2.67 bits per heavy atom. The fourth-order valence-corrected chi connectivity index (χ4v) is 3.65. The molecule has 0 aromatic carbocycles. The van der Waals surface area contributed by atoms with Gasteiger partial charge in [0.1, 0.15) is 5.82 Å². The molecule has 3 rings (SSSR count). The Morgan fingerprint density at radius 1 is 1.13 bits per heavy atom. The van der Waals surface area contributed by atoms with Crippen LogP contribution in [0.2, 0.25) is 0 Å². The fourth-order valence-electron chi connectivity index (χ4n) is 1.82. The van der Waals surface area contributed by atoms with Crippen LogP contribution in [0.1, 0.15) is 37.4 Å². The zero-order valence-electron chi connectivity index (χ0n) is 8.61. The molecule has 1 saturated carbocycles. The number of aromatic nitrogens is 2. The van der Waals surface area contributed by atoms with Crippen LogP contribution in [-0.2, 0) is 0 Å². The smallest absolute Gasteiger partial charge is 0.202 e. The Balaban J connectivity index is 1.60. The van der Waals surface area contributed by atoms with Crippen molar-refractivity contribution >= 4 is 28.4 Å². The van der Waals surface area contributed by atoms with Gasteiger partial charge in [0.25, 0.3) is 0 Å². The van der Waals surface area contributed by atoms with Gasteiger partial charge < -0.3 is 5.32 Å². The minimum atomic E-state index is 0.631. The molecule has 2 fully saturated rings. The van der Waals surface area contributed by atoms with Crippen LogP contribution in [0.4, 0.5) is 5.13 Å². The van der Waals surface area contributed by atoms with E-state index in [-0.39, 0.29) is 0 Å². The molecular weight excluding hydrogens is 226 g/mol. The van der Waals surface area contributed by atoms with Crippen LogP contribution in [0, 0.1) is 0 Å². The van der Waals surface area contributed by atoms with Crippen molar-refractivity contribution in [2.45, 2.75) is 37.6 Å². The highest BCUT2D eigenvalue weighted by molar-refractivity contribution is 7.99. The number of anilines is 1. The maximum Gasteiger partial charge on any atom is 0.202 e. The maximum absolute atomic E-state index is 4.56. The molecule has 1 aliphatic carbocycles. The molecule has 1 N–H and O–H groups in total. The second kappa shape index (κ2) is 4.29. The van der Waals surface area contributed by atoms with E-state index in [2.05, 4.69) is 26.4 Å². The molecule has 82 valence electrons. The highest BCUT2D eigenvalue weighted by atomic mass is 32.2. The monoisotopic (exact) mass is 241 g/mol. The molecule has 0 radical (unpaired) electrons. The van der Waals surface area contributed by atoms with Gasteiger partial charge in [-0.1, -0.05) is 0 Å². The van der Waals surface area contributed by atoms with Gasteiger partial charge >= 0.3 is 0 Å². The Hall–Kier alpha value is -0.290. The summed E-state index contributed by atoms with van der Waals surface area (Å²) >= 11 is 3.59. The lowest BCUT2D eigenvalue weighted by atomic mass is 10.2. The maximum atomic E-state index is 4.56. The van der Waals surface area contributed by atoms with Gasteiger partial charge in [0, 0.05) is 23.5 Å². The van der Waals surface area contributed by atoms with E-state index >= 15 is 0 Å². The third-order valence-corrected chi connectivity index (χ3v) is 4.64. The third-order valence-electron chi connectivity index (χ3n) is 2.93. The third kappa shape index (κ3) is 2.45. The van der Waals surface area contributed by atoms with E-state index in [0.29, 0.717) is 12.0 Å². The number of rotatable bonds is 3.